The van der Waals surface area contributed by atoms with Crippen LogP contribution in [-0.4, -0.2) is 34.5 Å². The Morgan fingerprint density at radius 2 is 1.46 bits per heavy atom. The molecule has 37 heavy (non-hydrogen) atoms. The van der Waals surface area contributed by atoms with E-state index in [1.807, 2.05) is 36.4 Å². The van der Waals surface area contributed by atoms with Gasteiger partial charge in [0.2, 0.25) is 6.79 Å². The highest BCUT2D eigenvalue weighted by molar-refractivity contribution is 8.17. The molecular weight excluding hydrogens is 508 g/mol. The number of carbonyl (C=O) groups excluding carboxylic acids is 1. The minimum Gasteiger partial charge on any atom is -0.481 e. The molecule has 3 aromatic rings. The Morgan fingerprint density at radius 3 is 2.03 bits per heavy atom. The number of carbonyl (C=O) groups is 2. The van der Waals surface area contributed by atoms with E-state index in [-0.39, 0.29) is 29.8 Å². The number of fused-ring (bicyclic) bond motifs is 1. The average molecular weight is 539 g/mol. The van der Waals surface area contributed by atoms with Crippen molar-refractivity contribution >= 4 is 35.5 Å². The summed E-state index contributed by atoms with van der Waals surface area (Å²) in [5, 5.41) is 15.5. The summed E-state index contributed by atoms with van der Waals surface area (Å²) in [6, 6.07) is 24.0. The standard InChI is InChI=1S/C28H30N2O5S2/c1-18(2)26(27(36-20-9-5-3-6-10-20)37-21-11-7-4-8-12-21)30-28(33)29-22(16-25(31)32)19-13-14-23-24(15-19)35-17-34-23/h3-15,18,22,26-27H,16-17H2,1-2H3,(H,31,32)(H2,29,30,33)/t22-,26?/m0/s1. The molecule has 1 heterocycles. The zero-order valence-electron chi connectivity index (χ0n) is 20.6. The summed E-state index contributed by atoms with van der Waals surface area (Å²) in [7, 11) is 0. The van der Waals surface area contributed by atoms with Crippen molar-refractivity contribution in [3.8, 4) is 11.5 Å². The third-order valence-electron chi connectivity index (χ3n) is 5.78. The van der Waals surface area contributed by atoms with Gasteiger partial charge in [-0.3, -0.25) is 4.79 Å². The zero-order valence-corrected chi connectivity index (χ0v) is 22.3. The van der Waals surface area contributed by atoms with Gasteiger partial charge < -0.3 is 25.2 Å². The van der Waals surface area contributed by atoms with Crippen LogP contribution in [0.2, 0.25) is 0 Å². The van der Waals surface area contributed by atoms with Crippen LogP contribution in [0.15, 0.2) is 88.7 Å². The molecule has 9 heteroatoms. The van der Waals surface area contributed by atoms with Gasteiger partial charge in [-0.15, -0.1) is 23.5 Å². The molecule has 194 valence electrons. The third kappa shape index (κ3) is 7.60. The number of carboxylic acids is 1. The summed E-state index contributed by atoms with van der Waals surface area (Å²) in [6.07, 6.45) is -0.264. The first-order valence-corrected chi connectivity index (χ1v) is 13.8. The van der Waals surface area contributed by atoms with E-state index in [4.69, 9.17) is 9.47 Å². The minimum absolute atomic E-state index is 0.0287. The van der Waals surface area contributed by atoms with E-state index < -0.39 is 18.0 Å². The molecule has 3 aromatic carbocycles. The Bertz CT molecular complexity index is 1150. The van der Waals surface area contributed by atoms with Gasteiger partial charge in [-0.1, -0.05) is 56.3 Å². The molecular formula is C28H30N2O5S2. The molecule has 1 aliphatic rings. The van der Waals surface area contributed by atoms with Crippen LogP contribution in [-0.2, 0) is 4.79 Å². The smallest absolute Gasteiger partial charge is 0.315 e. The molecule has 7 nitrogen and oxygen atoms in total. The van der Waals surface area contributed by atoms with Gasteiger partial charge in [-0.2, -0.15) is 0 Å². The number of amides is 2. The number of urea groups is 1. The lowest BCUT2D eigenvalue weighted by atomic mass is 10.0. The van der Waals surface area contributed by atoms with Crippen LogP contribution in [0.1, 0.15) is 31.9 Å². The van der Waals surface area contributed by atoms with Crippen LogP contribution < -0.4 is 20.1 Å². The van der Waals surface area contributed by atoms with Crippen molar-refractivity contribution in [1.82, 2.24) is 10.6 Å². The first-order chi connectivity index (χ1) is 17.9. The molecule has 2 amide bonds. The average Bonchev–Trinajstić information content (AvgIpc) is 3.35. The first-order valence-electron chi connectivity index (χ1n) is 12.0. The highest BCUT2D eigenvalue weighted by Gasteiger charge is 2.30. The molecule has 0 saturated carbocycles. The van der Waals surface area contributed by atoms with E-state index in [2.05, 4.69) is 48.7 Å². The fraction of sp³-hybridized carbons (Fsp3) is 0.286. The van der Waals surface area contributed by atoms with Gasteiger partial charge in [0.1, 0.15) is 0 Å². The van der Waals surface area contributed by atoms with Crippen LogP contribution in [0.25, 0.3) is 0 Å². The maximum absolute atomic E-state index is 13.3. The summed E-state index contributed by atoms with van der Waals surface area (Å²) in [6.45, 7) is 4.26. The van der Waals surface area contributed by atoms with Crippen molar-refractivity contribution in [2.75, 3.05) is 6.79 Å². The van der Waals surface area contributed by atoms with Gasteiger partial charge in [0, 0.05) is 9.79 Å². The number of rotatable bonds is 11. The Balaban J connectivity index is 1.53. The second kappa shape index (κ2) is 12.8. The number of thioether (sulfide) groups is 2. The van der Waals surface area contributed by atoms with E-state index in [0.717, 1.165) is 9.79 Å². The molecule has 0 fully saturated rings. The summed E-state index contributed by atoms with van der Waals surface area (Å²) < 4.78 is 10.8. The number of aliphatic carboxylic acids is 1. The maximum Gasteiger partial charge on any atom is 0.315 e. The molecule has 0 saturated heterocycles. The minimum atomic E-state index is -1.01. The SMILES string of the molecule is CC(C)C(NC(=O)N[C@@H](CC(=O)O)c1ccc2c(c1)OCO2)C(Sc1ccccc1)Sc1ccccc1. The van der Waals surface area contributed by atoms with Crippen molar-refractivity contribution in [1.29, 1.82) is 0 Å². The molecule has 2 atom stereocenters. The molecule has 0 aromatic heterocycles. The van der Waals surface area contributed by atoms with Gasteiger partial charge in [0.15, 0.2) is 11.5 Å². The van der Waals surface area contributed by atoms with E-state index in [0.29, 0.717) is 17.1 Å². The molecule has 4 rings (SSSR count). The van der Waals surface area contributed by atoms with Crippen LogP contribution >= 0.6 is 23.5 Å². The van der Waals surface area contributed by atoms with Crippen molar-refractivity contribution in [3.63, 3.8) is 0 Å². The Morgan fingerprint density at radius 1 is 0.865 bits per heavy atom. The lowest BCUT2D eigenvalue weighted by Gasteiger charge is -2.31. The quantitative estimate of drug-likeness (QED) is 0.199. The summed E-state index contributed by atoms with van der Waals surface area (Å²) in [5.74, 6) is 0.238. The van der Waals surface area contributed by atoms with Crippen molar-refractivity contribution in [2.24, 2.45) is 5.92 Å². The summed E-state index contributed by atoms with van der Waals surface area (Å²) >= 11 is 3.39. The van der Waals surface area contributed by atoms with Gasteiger partial charge in [0.05, 0.1) is 23.1 Å². The lowest BCUT2D eigenvalue weighted by molar-refractivity contribution is -0.137. The van der Waals surface area contributed by atoms with Crippen LogP contribution in [0.5, 0.6) is 11.5 Å². The highest BCUT2D eigenvalue weighted by Crippen LogP contribution is 2.39. The molecule has 0 aliphatic carbocycles. The molecule has 0 spiro atoms. The molecule has 0 radical (unpaired) electrons. The molecule has 0 bridgehead atoms. The van der Waals surface area contributed by atoms with Crippen molar-refractivity contribution in [3.05, 3.63) is 84.4 Å². The number of nitrogens with one attached hydrogen (secondary N) is 2. The number of ether oxygens (including phenoxy) is 2. The van der Waals surface area contributed by atoms with E-state index >= 15 is 0 Å². The number of hydrogen-bond donors (Lipinski definition) is 3. The van der Waals surface area contributed by atoms with Gasteiger partial charge in [-0.05, 0) is 47.9 Å². The number of benzene rings is 3. The summed E-state index contributed by atoms with van der Waals surface area (Å²) in [4.78, 5) is 27.1. The van der Waals surface area contributed by atoms with Crippen LogP contribution in [0.4, 0.5) is 4.79 Å². The van der Waals surface area contributed by atoms with E-state index in [1.165, 1.54) is 0 Å². The van der Waals surface area contributed by atoms with Gasteiger partial charge in [0.25, 0.3) is 0 Å². The largest absolute Gasteiger partial charge is 0.481 e. The second-order valence-corrected chi connectivity index (χ2v) is 11.6. The fourth-order valence-electron chi connectivity index (χ4n) is 3.89. The monoisotopic (exact) mass is 538 g/mol. The Hall–Kier alpha value is -3.30. The molecule has 1 aliphatic heterocycles. The fourth-order valence-corrected chi connectivity index (χ4v) is 6.98. The predicted molar refractivity (Wildman–Crippen MR) is 146 cm³/mol. The Labute approximate surface area is 225 Å². The zero-order chi connectivity index (χ0) is 26.2. The molecule has 3 N–H and O–H groups in total. The van der Waals surface area contributed by atoms with E-state index in [1.54, 1.807) is 41.7 Å². The van der Waals surface area contributed by atoms with Gasteiger partial charge in [-0.25, -0.2) is 4.79 Å². The van der Waals surface area contributed by atoms with Crippen LogP contribution in [0, 0.1) is 5.92 Å². The summed E-state index contributed by atoms with van der Waals surface area (Å²) in [5.41, 5.74) is 0.636. The van der Waals surface area contributed by atoms with E-state index in [9.17, 15) is 14.7 Å². The first kappa shape index (κ1) is 26.8. The molecule has 1 unspecified atom stereocenters. The van der Waals surface area contributed by atoms with Gasteiger partial charge >= 0.3 is 12.0 Å². The predicted octanol–water partition coefficient (Wildman–Crippen LogP) is 6.17. The topological polar surface area (TPSA) is 96.9 Å². The van der Waals surface area contributed by atoms with Crippen molar-refractivity contribution < 1.29 is 24.2 Å². The normalized spacial score (nSPS) is 13.8. The maximum atomic E-state index is 13.3. The number of carboxylic acid groups (broad SMARTS) is 1. The van der Waals surface area contributed by atoms with Crippen LogP contribution in [0.3, 0.4) is 0 Å². The van der Waals surface area contributed by atoms with Crippen molar-refractivity contribution in [2.45, 2.75) is 46.7 Å². The lowest BCUT2D eigenvalue weighted by Crippen LogP contribution is -2.49. The second-order valence-electron chi connectivity index (χ2n) is 8.88. The number of hydrogen-bond acceptors (Lipinski definition) is 6. The Kier molecular flexibility index (Phi) is 9.24. The third-order valence-corrected chi connectivity index (χ3v) is 8.50. The highest BCUT2D eigenvalue weighted by atomic mass is 32.2.